The van der Waals surface area contributed by atoms with Crippen molar-refractivity contribution in [2.45, 2.75) is 0 Å². The molecule has 1 aromatic rings. The first-order valence-corrected chi connectivity index (χ1v) is 4.83. The summed E-state index contributed by atoms with van der Waals surface area (Å²) >= 11 is 0. The van der Waals surface area contributed by atoms with Crippen LogP contribution in [0.3, 0.4) is 0 Å². The minimum Gasteiger partial charge on any atom is -0.387 e. The Bertz CT molecular complexity index is 500. The number of hydrogen-bond acceptors (Lipinski definition) is 5. The molecule has 1 aliphatic heterocycles. The smallest absolute Gasteiger partial charge is 0.338 e. The van der Waals surface area contributed by atoms with Gasteiger partial charge in [0.05, 0.1) is 4.92 Å². The van der Waals surface area contributed by atoms with Gasteiger partial charge in [-0.3, -0.25) is 10.1 Å². The molecule has 0 aromatic heterocycles. The lowest BCUT2D eigenvalue weighted by Crippen LogP contribution is -1.96. The Labute approximate surface area is 102 Å². The average Bonchev–Trinajstić information content (AvgIpc) is 2.74. The van der Waals surface area contributed by atoms with E-state index in [-0.39, 0.29) is 5.69 Å². The Morgan fingerprint density at radius 3 is 1.89 bits per heavy atom. The third kappa shape index (κ3) is 4.01. The second-order valence-electron chi connectivity index (χ2n) is 3.13. The van der Waals surface area contributed by atoms with E-state index in [1.54, 1.807) is 18.2 Å². The maximum atomic E-state index is 10.2. The van der Waals surface area contributed by atoms with E-state index in [0.717, 1.165) is 17.7 Å². The molecule has 0 amide bonds. The van der Waals surface area contributed by atoms with E-state index in [1.165, 1.54) is 12.1 Å². The van der Waals surface area contributed by atoms with Gasteiger partial charge in [-0.05, 0) is 17.7 Å². The lowest BCUT2D eigenvalue weighted by atomic mass is 10.2. The summed E-state index contributed by atoms with van der Waals surface area (Å²) in [7, 11) is 0. The lowest BCUT2D eigenvalue weighted by Gasteiger charge is -1.91. The number of cyclic esters (lactones) is 2. The molecule has 0 aliphatic carbocycles. The van der Waals surface area contributed by atoms with Gasteiger partial charge in [-0.25, -0.2) is 9.59 Å². The number of ether oxygens (including phenoxy) is 1. The number of non-ortho nitro benzene ring substituents is 1. The fourth-order valence-corrected chi connectivity index (χ4v) is 1.04. The van der Waals surface area contributed by atoms with Crippen LogP contribution >= 0.6 is 0 Å². The summed E-state index contributed by atoms with van der Waals surface area (Å²) < 4.78 is 3.97. The molecule has 0 saturated heterocycles. The van der Waals surface area contributed by atoms with Gasteiger partial charge in [0.15, 0.2) is 0 Å². The summed E-state index contributed by atoms with van der Waals surface area (Å²) in [5.74, 6) is -1.16. The van der Waals surface area contributed by atoms with E-state index < -0.39 is 16.9 Å². The number of hydrogen-bond donors (Lipinski definition) is 0. The van der Waals surface area contributed by atoms with Crippen LogP contribution < -0.4 is 0 Å². The van der Waals surface area contributed by atoms with Crippen molar-refractivity contribution in [3.8, 4) is 0 Å². The minimum absolute atomic E-state index is 0.107. The fraction of sp³-hybridized carbons (Fsp3) is 0. The molecule has 92 valence electrons. The van der Waals surface area contributed by atoms with E-state index in [4.69, 9.17) is 0 Å². The van der Waals surface area contributed by atoms with E-state index >= 15 is 0 Å². The summed E-state index contributed by atoms with van der Waals surface area (Å²) in [6.45, 7) is 3.54. The number of carbonyl (C=O) groups excluding carboxylic acids is 2. The van der Waals surface area contributed by atoms with Gasteiger partial charge in [0.2, 0.25) is 0 Å². The molecule has 0 atom stereocenters. The van der Waals surface area contributed by atoms with Gasteiger partial charge in [-0.2, -0.15) is 0 Å². The molecule has 1 aliphatic rings. The summed E-state index contributed by atoms with van der Waals surface area (Å²) in [5, 5.41) is 10.2. The molecule has 0 radical (unpaired) electrons. The molecule has 0 unspecified atom stereocenters. The number of carbonyl (C=O) groups is 2. The summed E-state index contributed by atoms with van der Waals surface area (Å²) in [4.78, 5) is 29.6. The third-order valence-electron chi connectivity index (χ3n) is 1.90. The van der Waals surface area contributed by atoms with Crippen molar-refractivity contribution in [3.63, 3.8) is 0 Å². The van der Waals surface area contributed by atoms with E-state index in [1.807, 2.05) is 0 Å². The largest absolute Gasteiger partial charge is 0.387 e. The number of nitrogens with zero attached hydrogens (tertiary/aromatic N) is 1. The predicted molar refractivity (Wildman–Crippen MR) is 63.4 cm³/mol. The molecule has 6 heteroatoms. The molecule has 0 spiro atoms. The van der Waals surface area contributed by atoms with E-state index in [0.29, 0.717) is 0 Å². The first-order chi connectivity index (χ1) is 8.52. The highest BCUT2D eigenvalue weighted by molar-refractivity contribution is 6.04. The molecule has 1 heterocycles. The molecule has 0 saturated carbocycles. The first kappa shape index (κ1) is 13.3. The first-order valence-electron chi connectivity index (χ1n) is 4.83. The van der Waals surface area contributed by atoms with Crippen molar-refractivity contribution in [3.05, 3.63) is 58.7 Å². The summed E-state index contributed by atoms with van der Waals surface area (Å²) in [6.07, 6.45) is 3.81. The predicted octanol–water partition coefficient (Wildman–Crippen LogP) is 1.86. The molecule has 0 fully saturated rings. The molecule has 18 heavy (non-hydrogen) atoms. The minimum atomic E-state index is -0.579. The standard InChI is InChI=1S/C8H7NO2.C4H2O3/c1-2-7-3-5-8(6-4-7)9(10)11;5-3-1-2-4(6)7-3/h2-6H,1H2;1-2H. The van der Waals surface area contributed by atoms with Crippen molar-refractivity contribution in [1.29, 1.82) is 0 Å². The van der Waals surface area contributed by atoms with Gasteiger partial charge in [-0.15, -0.1) is 0 Å². The maximum Gasteiger partial charge on any atom is 0.338 e. The molecule has 2 rings (SSSR count). The molecule has 6 nitrogen and oxygen atoms in total. The molecule has 0 bridgehead atoms. The number of nitro groups is 1. The highest BCUT2D eigenvalue weighted by Crippen LogP contribution is 2.11. The van der Waals surface area contributed by atoms with Crippen LogP contribution in [-0.2, 0) is 14.3 Å². The fourth-order valence-electron chi connectivity index (χ4n) is 1.04. The Balaban J connectivity index is 0.000000199. The van der Waals surface area contributed by atoms with Gasteiger partial charge in [0.25, 0.3) is 5.69 Å². The molecule has 1 aromatic carbocycles. The highest BCUT2D eigenvalue weighted by Gasteiger charge is 2.10. The average molecular weight is 247 g/mol. The second-order valence-corrected chi connectivity index (χ2v) is 3.13. The van der Waals surface area contributed by atoms with Crippen LogP contribution in [0.2, 0.25) is 0 Å². The zero-order chi connectivity index (χ0) is 13.5. The topological polar surface area (TPSA) is 86.5 Å². The van der Waals surface area contributed by atoms with Crippen LogP contribution in [0.15, 0.2) is 43.0 Å². The van der Waals surface area contributed by atoms with Crippen molar-refractivity contribution < 1.29 is 19.2 Å². The zero-order valence-corrected chi connectivity index (χ0v) is 9.24. The van der Waals surface area contributed by atoms with Gasteiger partial charge in [-0.1, -0.05) is 12.7 Å². The van der Waals surface area contributed by atoms with Crippen LogP contribution in [0, 0.1) is 10.1 Å². The molecule has 0 N–H and O–H groups in total. The zero-order valence-electron chi connectivity index (χ0n) is 9.24. The number of nitro benzene ring substituents is 1. The van der Waals surface area contributed by atoms with Gasteiger partial charge >= 0.3 is 11.9 Å². The quantitative estimate of drug-likeness (QED) is 0.344. The van der Waals surface area contributed by atoms with E-state index in [2.05, 4.69) is 11.3 Å². The number of esters is 2. The Hall–Kier alpha value is -2.76. The Morgan fingerprint density at radius 1 is 1.11 bits per heavy atom. The maximum absolute atomic E-state index is 10.2. The van der Waals surface area contributed by atoms with Gasteiger partial charge in [0.1, 0.15) is 0 Å². The van der Waals surface area contributed by atoms with Crippen molar-refractivity contribution in [2.24, 2.45) is 0 Å². The Kier molecular flexibility index (Phi) is 4.50. The monoisotopic (exact) mass is 247 g/mol. The van der Waals surface area contributed by atoms with Crippen molar-refractivity contribution >= 4 is 23.7 Å². The van der Waals surface area contributed by atoms with Gasteiger partial charge < -0.3 is 4.74 Å². The number of benzene rings is 1. The number of rotatable bonds is 2. The van der Waals surface area contributed by atoms with Crippen LogP contribution in [-0.4, -0.2) is 16.9 Å². The summed E-state index contributed by atoms with van der Waals surface area (Å²) in [5.41, 5.74) is 0.992. The second kappa shape index (κ2) is 6.09. The van der Waals surface area contributed by atoms with Crippen LogP contribution in [0.25, 0.3) is 6.08 Å². The van der Waals surface area contributed by atoms with Crippen LogP contribution in [0.4, 0.5) is 5.69 Å². The lowest BCUT2D eigenvalue weighted by molar-refractivity contribution is -0.384. The van der Waals surface area contributed by atoms with Gasteiger partial charge in [0, 0.05) is 24.3 Å². The molecular formula is C12H9NO5. The van der Waals surface area contributed by atoms with Crippen molar-refractivity contribution in [1.82, 2.24) is 0 Å². The summed E-state index contributed by atoms with van der Waals surface area (Å²) in [6, 6.07) is 6.23. The van der Waals surface area contributed by atoms with E-state index in [9.17, 15) is 19.7 Å². The normalized spacial score (nSPS) is 12.4. The van der Waals surface area contributed by atoms with Crippen molar-refractivity contribution in [2.75, 3.05) is 0 Å². The van der Waals surface area contributed by atoms with Crippen LogP contribution in [0.5, 0.6) is 0 Å². The SMILES string of the molecule is C=Cc1ccc([N+](=O)[O-])cc1.O=C1C=CC(=O)O1. The molecular weight excluding hydrogens is 238 g/mol. The Morgan fingerprint density at radius 2 is 1.61 bits per heavy atom. The third-order valence-corrected chi connectivity index (χ3v) is 1.90. The van der Waals surface area contributed by atoms with Crippen LogP contribution in [0.1, 0.15) is 5.56 Å². The highest BCUT2D eigenvalue weighted by atomic mass is 16.6.